The predicted molar refractivity (Wildman–Crippen MR) is 79.5 cm³/mol. The smallest absolute Gasteiger partial charge is 0.294 e. The van der Waals surface area contributed by atoms with Crippen LogP contribution in [0.2, 0.25) is 0 Å². The summed E-state index contributed by atoms with van der Waals surface area (Å²) < 4.78 is 6.58. The highest BCUT2D eigenvalue weighted by Gasteiger charge is 2.24. The number of piperidine rings is 1. The van der Waals surface area contributed by atoms with E-state index in [9.17, 15) is 4.79 Å². The van der Waals surface area contributed by atoms with E-state index in [0.717, 1.165) is 31.7 Å². The molecule has 1 atom stereocenters. The molecule has 21 heavy (non-hydrogen) atoms. The van der Waals surface area contributed by atoms with Gasteiger partial charge in [-0.15, -0.1) is 0 Å². The maximum atomic E-state index is 11.5. The Morgan fingerprint density at radius 3 is 3.10 bits per heavy atom. The quantitative estimate of drug-likeness (QED) is 0.912. The summed E-state index contributed by atoms with van der Waals surface area (Å²) in [5, 5.41) is 7.56. The van der Waals surface area contributed by atoms with Gasteiger partial charge in [0, 0.05) is 32.2 Å². The second-order valence-electron chi connectivity index (χ2n) is 5.21. The summed E-state index contributed by atoms with van der Waals surface area (Å²) in [6.07, 6.45) is 6.59. The Morgan fingerprint density at radius 2 is 2.33 bits per heavy atom. The fourth-order valence-corrected chi connectivity index (χ4v) is 2.67. The molecule has 1 saturated heterocycles. The van der Waals surface area contributed by atoms with E-state index in [4.69, 9.17) is 4.42 Å². The first-order chi connectivity index (χ1) is 10.2. The molecule has 0 aromatic carbocycles. The van der Waals surface area contributed by atoms with Crippen LogP contribution in [0.4, 0.5) is 11.8 Å². The van der Waals surface area contributed by atoms with Crippen LogP contribution >= 0.6 is 0 Å². The Labute approximate surface area is 122 Å². The van der Waals surface area contributed by atoms with Gasteiger partial charge >= 0.3 is 0 Å². The second kappa shape index (κ2) is 5.99. The number of oxazole rings is 1. The number of aromatic nitrogens is 3. The lowest BCUT2D eigenvalue weighted by Crippen LogP contribution is -2.44. The maximum Gasteiger partial charge on any atom is 0.294 e. The fraction of sp³-hybridized carbons (Fsp3) is 0.500. The molecule has 112 valence electrons. The van der Waals surface area contributed by atoms with E-state index < -0.39 is 0 Å². The van der Waals surface area contributed by atoms with Crippen LogP contribution in [0.5, 0.6) is 0 Å². The highest BCUT2D eigenvalue weighted by molar-refractivity contribution is 5.39. The van der Waals surface area contributed by atoms with E-state index in [0.29, 0.717) is 12.1 Å². The van der Waals surface area contributed by atoms with Crippen LogP contribution in [0.3, 0.4) is 0 Å². The molecule has 1 N–H and O–H groups in total. The summed E-state index contributed by atoms with van der Waals surface area (Å²) in [5.74, 6) is 0.844. The zero-order valence-electron chi connectivity index (χ0n) is 12.0. The number of rotatable bonds is 4. The molecular formula is C14H19N5O2. The number of hydrogen-bond donors (Lipinski definition) is 1. The molecule has 1 aliphatic rings. The van der Waals surface area contributed by atoms with Gasteiger partial charge in [-0.05, 0) is 25.3 Å². The van der Waals surface area contributed by atoms with E-state index in [2.05, 4.69) is 20.3 Å². The van der Waals surface area contributed by atoms with Crippen molar-refractivity contribution in [3.63, 3.8) is 0 Å². The summed E-state index contributed by atoms with van der Waals surface area (Å²) in [6, 6.07) is 4.21. The van der Waals surface area contributed by atoms with E-state index >= 15 is 0 Å². The Hall–Kier alpha value is -2.31. The average Bonchev–Trinajstić information content (AvgIpc) is 3.02. The van der Waals surface area contributed by atoms with Crippen molar-refractivity contribution in [2.45, 2.75) is 25.3 Å². The lowest BCUT2D eigenvalue weighted by molar-refractivity contribution is 0.459. The SMILES string of the molecule is Cn1nc(N2CCCCC2CNc2ncco2)ccc1=O. The van der Waals surface area contributed by atoms with E-state index in [-0.39, 0.29) is 5.56 Å². The molecule has 7 heteroatoms. The fourth-order valence-electron chi connectivity index (χ4n) is 2.67. The van der Waals surface area contributed by atoms with Crippen LogP contribution in [0, 0.1) is 0 Å². The molecule has 1 unspecified atom stereocenters. The predicted octanol–water partition coefficient (Wildman–Crippen LogP) is 1.24. The highest BCUT2D eigenvalue weighted by Crippen LogP contribution is 2.22. The molecule has 2 aromatic rings. The summed E-state index contributed by atoms with van der Waals surface area (Å²) in [6.45, 7) is 1.69. The minimum atomic E-state index is -0.0924. The van der Waals surface area contributed by atoms with Crippen molar-refractivity contribution in [1.82, 2.24) is 14.8 Å². The number of aryl methyl sites for hydroxylation is 1. The van der Waals surface area contributed by atoms with Crippen molar-refractivity contribution < 1.29 is 4.42 Å². The molecule has 0 amide bonds. The van der Waals surface area contributed by atoms with Crippen molar-refractivity contribution in [2.75, 3.05) is 23.3 Å². The van der Waals surface area contributed by atoms with Gasteiger partial charge in [-0.3, -0.25) is 4.79 Å². The van der Waals surface area contributed by atoms with Gasteiger partial charge in [-0.2, -0.15) is 5.10 Å². The first-order valence-corrected chi connectivity index (χ1v) is 7.18. The largest absolute Gasteiger partial charge is 0.432 e. The van der Waals surface area contributed by atoms with E-state index in [1.807, 2.05) is 0 Å². The molecule has 1 aliphatic heterocycles. The van der Waals surface area contributed by atoms with Crippen molar-refractivity contribution in [1.29, 1.82) is 0 Å². The topological polar surface area (TPSA) is 76.2 Å². The van der Waals surface area contributed by atoms with Crippen molar-refractivity contribution in [3.8, 4) is 0 Å². The zero-order chi connectivity index (χ0) is 14.7. The zero-order valence-corrected chi connectivity index (χ0v) is 12.0. The van der Waals surface area contributed by atoms with E-state index in [1.165, 1.54) is 11.1 Å². The molecule has 1 fully saturated rings. The summed E-state index contributed by atoms with van der Waals surface area (Å²) >= 11 is 0. The van der Waals surface area contributed by atoms with Gasteiger partial charge in [0.15, 0.2) is 0 Å². The molecule has 0 saturated carbocycles. The Morgan fingerprint density at radius 1 is 1.43 bits per heavy atom. The third kappa shape index (κ3) is 3.07. The van der Waals surface area contributed by atoms with E-state index in [1.54, 1.807) is 31.6 Å². The Kier molecular flexibility index (Phi) is 3.89. The van der Waals surface area contributed by atoms with Gasteiger partial charge in [-0.25, -0.2) is 9.67 Å². The summed E-state index contributed by atoms with van der Waals surface area (Å²) in [4.78, 5) is 17.8. The van der Waals surface area contributed by atoms with Crippen molar-refractivity contribution >= 4 is 11.8 Å². The molecule has 2 aromatic heterocycles. The van der Waals surface area contributed by atoms with Crippen LogP contribution in [0.15, 0.2) is 33.8 Å². The average molecular weight is 289 g/mol. The van der Waals surface area contributed by atoms with Crippen LogP contribution in [-0.2, 0) is 7.05 Å². The number of anilines is 2. The first kappa shape index (κ1) is 13.7. The van der Waals surface area contributed by atoms with Gasteiger partial charge in [-0.1, -0.05) is 0 Å². The molecule has 0 radical (unpaired) electrons. The molecule has 3 heterocycles. The maximum absolute atomic E-state index is 11.5. The standard InChI is InChI=1S/C14H19N5O2/c1-18-13(20)6-5-12(17-18)19-8-3-2-4-11(19)10-16-14-15-7-9-21-14/h5-7,9,11H,2-4,8,10H2,1H3,(H,15,16). The van der Waals surface area contributed by atoms with Crippen LogP contribution in [-0.4, -0.2) is 33.9 Å². The van der Waals surface area contributed by atoms with Crippen LogP contribution in [0.1, 0.15) is 19.3 Å². The summed E-state index contributed by atoms with van der Waals surface area (Å²) in [7, 11) is 1.68. The first-order valence-electron chi connectivity index (χ1n) is 7.18. The molecule has 0 bridgehead atoms. The molecule has 0 aliphatic carbocycles. The Balaban J connectivity index is 1.74. The minimum absolute atomic E-state index is 0.0924. The lowest BCUT2D eigenvalue weighted by Gasteiger charge is -2.36. The number of nitrogens with zero attached hydrogens (tertiary/aromatic N) is 4. The summed E-state index contributed by atoms with van der Waals surface area (Å²) in [5.41, 5.74) is -0.0924. The molecule has 0 spiro atoms. The second-order valence-corrected chi connectivity index (χ2v) is 5.21. The lowest BCUT2D eigenvalue weighted by atomic mass is 10.0. The van der Waals surface area contributed by atoms with Gasteiger partial charge < -0.3 is 14.6 Å². The molecule has 7 nitrogen and oxygen atoms in total. The third-order valence-corrected chi connectivity index (χ3v) is 3.79. The van der Waals surface area contributed by atoms with Gasteiger partial charge in [0.05, 0.1) is 6.20 Å². The van der Waals surface area contributed by atoms with Crippen molar-refractivity contribution in [2.24, 2.45) is 7.05 Å². The van der Waals surface area contributed by atoms with Gasteiger partial charge in [0.1, 0.15) is 12.1 Å². The monoisotopic (exact) mass is 289 g/mol. The number of nitrogens with one attached hydrogen (secondary N) is 1. The molecule has 3 rings (SSSR count). The number of hydrogen-bond acceptors (Lipinski definition) is 6. The normalized spacial score (nSPS) is 18.7. The van der Waals surface area contributed by atoms with Gasteiger partial charge in [0.25, 0.3) is 11.6 Å². The van der Waals surface area contributed by atoms with Gasteiger partial charge in [0.2, 0.25) is 0 Å². The Bertz CT molecular complexity index is 637. The van der Waals surface area contributed by atoms with Crippen molar-refractivity contribution in [3.05, 3.63) is 34.9 Å². The molecular weight excluding hydrogens is 270 g/mol. The van der Waals surface area contributed by atoms with Crippen LogP contribution < -0.4 is 15.8 Å². The minimum Gasteiger partial charge on any atom is -0.432 e. The third-order valence-electron chi connectivity index (χ3n) is 3.79. The highest BCUT2D eigenvalue weighted by atomic mass is 16.4. The van der Waals surface area contributed by atoms with Crippen LogP contribution in [0.25, 0.3) is 0 Å².